The first kappa shape index (κ1) is 14.8. The van der Waals surface area contributed by atoms with E-state index in [4.69, 9.17) is 5.26 Å². The maximum absolute atomic E-state index is 8.63. The number of hydrogen-bond acceptors (Lipinski definition) is 5. The summed E-state index contributed by atoms with van der Waals surface area (Å²) in [6.45, 7) is 0. The summed E-state index contributed by atoms with van der Waals surface area (Å²) in [5.74, 6) is 1.73. The first-order chi connectivity index (χ1) is 10.9. The fraction of sp³-hybridized carbons (Fsp3) is 0.188. The second-order valence-electron chi connectivity index (χ2n) is 4.56. The molecule has 0 spiro atoms. The lowest BCUT2D eigenvalue weighted by Crippen LogP contribution is -1.99. The number of unbranched alkanes of at least 4 members (excludes halogenated alkanes) is 1. The fourth-order valence-electron chi connectivity index (χ4n) is 2.05. The Kier molecular flexibility index (Phi) is 4.88. The quantitative estimate of drug-likeness (QED) is 0.498. The van der Waals surface area contributed by atoms with Gasteiger partial charge in [0.2, 0.25) is 0 Å². The van der Waals surface area contributed by atoms with Crippen LogP contribution < -0.4 is 0 Å². The minimum Gasteiger partial charge on any atom is -0.269 e. The molecule has 110 valence electrons. The van der Waals surface area contributed by atoms with Crippen LogP contribution in [0.1, 0.15) is 12.8 Å². The highest BCUT2D eigenvalue weighted by Gasteiger charge is 2.16. The molecule has 3 aromatic rings. The molecule has 0 amide bonds. The molecule has 2 aromatic heterocycles. The summed E-state index contributed by atoms with van der Waals surface area (Å²) in [6, 6.07) is 16.4. The molecule has 0 aliphatic heterocycles. The van der Waals surface area contributed by atoms with Gasteiger partial charge in [0.05, 0.1) is 10.9 Å². The lowest BCUT2D eigenvalue weighted by molar-refractivity contribution is 0.880. The highest BCUT2D eigenvalue weighted by atomic mass is 32.2. The largest absolute Gasteiger partial charge is 0.269 e. The van der Waals surface area contributed by atoms with E-state index in [2.05, 4.69) is 39.0 Å². The Morgan fingerprint density at radius 1 is 1.14 bits per heavy atom. The fourth-order valence-corrected chi connectivity index (χ4v) is 3.64. The summed E-state index contributed by atoms with van der Waals surface area (Å²) in [7, 11) is 0. The van der Waals surface area contributed by atoms with Crippen LogP contribution in [0.5, 0.6) is 0 Å². The first-order valence-corrected chi connectivity index (χ1v) is 8.81. The number of thiophene rings is 1. The second-order valence-corrected chi connectivity index (χ2v) is 6.57. The van der Waals surface area contributed by atoms with Crippen LogP contribution in [0.2, 0.25) is 0 Å². The van der Waals surface area contributed by atoms with E-state index in [0.717, 1.165) is 33.7 Å². The maximum atomic E-state index is 8.63. The number of thioether (sulfide) groups is 1. The Balaban J connectivity index is 1.95. The van der Waals surface area contributed by atoms with Crippen molar-refractivity contribution in [2.45, 2.75) is 18.0 Å². The molecule has 0 fully saturated rings. The Labute approximate surface area is 137 Å². The van der Waals surface area contributed by atoms with Gasteiger partial charge < -0.3 is 0 Å². The number of aromatic nitrogens is 3. The number of hydrogen-bond donors (Lipinski definition) is 0. The molecule has 0 bridgehead atoms. The van der Waals surface area contributed by atoms with E-state index < -0.39 is 0 Å². The molecule has 6 heteroatoms. The lowest BCUT2D eigenvalue weighted by atomic mass is 10.3. The lowest BCUT2D eigenvalue weighted by Gasteiger charge is -2.08. The van der Waals surface area contributed by atoms with Crippen molar-refractivity contribution in [1.29, 1.82) is 5.26 Å². The number of benzene rings is 1. The summed E-state index contributed by atoms with van der Waals surface area (Å²) < 4.78 is 2.09. The SMILES string of the molecule is N#CCCCSc1nnc(-c2cccs2)n1-c1ccccc1. The molecule has 4 nitrogen and oxygen atoms in total. The summed E-state index contributed by atoms with van der Waals surface area (Å²) in [5, 5.41) is 20.3. The van der Waals surface area contributed by atoms with Gasteiger partial charge in [-0.15, -0.1) is 21.5 Å². The van der Waals surface area contributed by atoms with Crippen LogP contribution in [0.25, 0.3) is 16.4 Å². The average Bonchev–Trinajstić information content (AvgIpc) is 3.21. The topological polar surface area (TPSA) is 54.5 Å². The molecule has 2 heterocycles. The van der Waals surface area contributed by atoms with Crippen molar-refractivity contribution in [3.05, 3.63) is 47.8 Å². The summed E-state index contributed by atoms with van der Waals surface area (Å²) >= 11 is 3.30. The van der Waals surface area contributed by atoms with Gasteiger partial charge in [0.25, 0.3) is 0 Å². The molecule has 0 unspecified atom stereocenters. The number of nitriles is 1. The van der Waals surface area contributed by atoms with E-state index in [0.29, 0.717) is 6.42 Å². The maximum Gasteiger partial charge on any atom is 0.196 e. The third kappa shape index (κ3) is 3.21. The molecular formula is C16H14N4S2. The standard InChI is InChI=1S/C16H14N4S2/c17-10-4-5-11-22-16-19-18-15(14-9-6-12-21-14)20(16)13-7-2-1-3-8-13/h1-3,6-9,12H,4-5,11H2. The summed E-state index contributed by atoms with van der Waals surface area (Å²) in [5.41, 5.74) is 1.05. The normalized spacial score (nSPS) is 10.5. The minimum absolute atomic E-state index is 0.574. The summed E-state index contributed by atoms with van der Waals surface area (Å²) in [6.07, 6.45) is 1.43. The van der Waals surface area contributed by atoms with E-state index in [1.165, 1.54) is 0 Å². The molecule has 0 saturated heterocycles. The highest BCUT2D eigenvalue weighted by Crippen LogP contribution is 2.30. The van der Waals surface area contributed by atoms with Gasteiger partial charge in [-0.05, 0) is 30.0 Å². The van der Waals surface area contributed by atoms with Crippen molar-refractivity contribution in [3.8, 4) is 22.5 Å². The average molecular weight is 326 g/mol. The molecule has 3 rings (SSSR count). The third-order valence-electron chi connectivity index (χ3n) is 3.05. The first-order valence-electron chi connectivity index (χ1n) is 6.94. The van der Waals surface area contributed by atoms with Gasteiger partial charge in [-0.3, -0.25) is 4.57 Å². The summed E-state index contributed by atoms with van der Waals surface area (Å²) in [4.78, 5) is 1.10. The van der Waals surface area contributed by atoms with E-state index in [1.807, 2.05) is 29.6 Å². The van der Waals surface area contributed by atoms with Gasteiger partial charge in [0.15, 0.2) is 11.0 Å². The molecule has 0 radical (unpaired) electrons. The molecular weight excluding hydrogens is 312 g/mol. The Bertz CT molecular complexity index is 757. The number of para-hydroxylation sites is 1. The predicted octanol–water partition coefficient (Wildman–Crippen LogP) is 4.39. The van der Waals surface area contributed by atoms with Crippen LogP contribution in [0, 0.1) is 11.3 Å². The molecule has 0 atom stereocenters. The van der Waals surface area contributed by atoms with Crippen molar-refractivity contribution < 1.29 is 0 Å². The third-order valence-corrected chi connectivity index (χ3v) is 4.93. The zero-order chi connectivity index (χ0) is 15.2. The van der Waals surface area contributed by atoms with Crippen LogP contribution in [0.4, 0.5) is 0 Å². The molecule has 22 heavy (non-hydrogen) atoms. The molecule has 0 N–H and O–H groups in total. The zero-order valence-corrected chi connectivity index (χ0v) is 13.5. The van der Waals surface area contributed by atoms with Gasteiger partial charge in [0.1, 0.15) is 0 Å². The van der Waals surface area contributed by atoms with Crippen LogP contribution in [0.3, 0.4) is 0 Å². The van der Waals surface area contributed by atoms with Crippen molar-refractivity contribution in [2.24, 2.45) is 0 Å². The predicted molar refractivity (Wildman–Crippen MR) is 90.2 cm³/mol. The van der Waals surface area contributed by atoms with Crippen LogP contribution in [0.15, 0.2) is 53.0 Å². The van der Waals surface area contributed by atoms with Gasteiger partial charge in [-0.1, -0.05) is 36.0 Å². The van der Waals surface area contributed by atoms with Crippen LogP contribution >= 0.6 is 23.1 Å². The van der Waals surface area contributed by atoms with Crippen molar-refractivity contribution in [3.63, 3.8) is 0 Å². The van der Waals surface area contributed by atoms with Crippen molar-refractivity contribution in [1.82, 2.24) is 14.8 Å². The van der Waals surface area contributed by atoms with E-state index >= 15 is 0 Å². The minimum atomic E-state index is 0.574. The molecule has 0 aliphatic carbocycles. The Morgan fingerprint density at radius 2 is 2.00 bits per heavy atom. The van der Waals surface area contributed by atoms with Gasteiger partial charge in [-0.2, -0.15) is 5.26 Å². The molecule has 1 aromatic carbocycles. The Morgan fingerprint density at radius 3 is 2.73 bits per heavy atom. The number of nitrogens with zero attached hydrogens (tertiary/aromatic N) is 4. The van der Waals surface area contributed by atoms with E-state index in [1.54, 1.807) is 23.1 Å². The second kappa shape index (κ2) is 7.25. The van der Waals surface area contributed by atoms with Gasteiger partial charge >= 0.3 is 0 Å². The van der Waals surface area contributed by atoms with Crippen LogP contribution in [-0.2, 0) is 0 Å². The highest BCUT2D eigenvalue weighted by molar-refractivity contribution is 7.99. The number of rotatable bonds is 6. The van der Waals surface area contributed by atoms with E-state index in [9.17, 15) is 0 Å². The van der Waals surface area contributed by atoms with Crippen LogP contribution in [-0.4, -0.2) is 20.5 Å². The van der Waals surface area contributed by atoms with Gasteiger partial charge in [0, 0.05) is 17.9 Å². The smallest absolute Gasteiger partial charge is 0.196 e. The van der Waals surface area contributed by atoms with Gasteiger partial charge in [-0.25, -0.2) is 0 Å². The molecule has 0 aliphatic rings. The molecule has 0 saturated carbocycles. The Hall–Kier alpha value is -2.10. The van der Waals surface area contributed by atoms with E-state index in [-0.39, 0.29) is 0 Å². The van der Waals surface area contributed by atoms with Crippen molar-refractivity contribution >= 4 is 23.1 Å². The van der Waals surface area contributed by atoms with Crippen molar-refractivity contribution in [2.75, 3.05) is 5.75 Å². The monoisotopic (exact) mass is 326 g/mol. The zero-order valence-electron chi connectivity index (χ0n) is 11.8.